The number of amides is 1. The lowest BCUT2D eigenvalue weighted by Crippen LogP contribution is -2.43. The summed E-state index contributed by atoms with van der Waals surface area (Å²) in [5.74, 6) is 0.121. The average molecular weight is 346 g/mol. The maximum Gasteiger partial charge on any atom is 0.311 e. The van der Waals surface area contributed by atoms with Gasteiger partial charge in [0.25, 0.3) is 0 Å². The van der Waals surface area contributed by atoms with Crippen LogP contribution in [0, 0.1) is 11.3 Å². The molecule has 0 aliphatic carbocycles. The molecule has 6 nitrogen and oxygen atoms in total. The number of hydrogen-bond acceptors (Lipinski definition) is 4. The average Bonchev–Trinajstić information content (AvgIpc) is 2.80. The molecule has 6 heteroatoms. The Kier molecular flexibility index (Phi) is 4.99. The Morgan fingerprint density at radius 1 is 1.28 bits per heavy atom. The first kappa shape index (κ1) is 17.7. The van der Waals surface area contributed by atoms with Crippen LogP contribution in [-0.2, 0) is 16.0 Å². The van der Waals surface area contributed by atoms with Crippen LogP contribution in [0.15, 0.2) is 24.3 Å². The summed E-state index contributed by atoms with van der Waals surface area (Å²) in [6.07, 6.45) is 1.72. The van der Waals surface area contributed by atoms with Gasteiger partial charge in [0.1, 0.15) is 5.75 Å². The maximum atomic E-state index is 12.8. The Labute approximate surface area is 148 Å². The van der Waals surface area contributed by atoms with Crippen molar-refractivity contribution in [3.63, 3.8) is 0 Å². The molecule has 3 rings (SSSR count). The van der Waals surface area contributed by atoms with Gasteiger partial charge in [0.2, 0.25) is 5.91 Å². The van der Waals surface area contributed by atoms with Gasteiger partial charge in [-0.05, 0) is 37.6 Å². The van der Waals surface area contributed by atoms with Gasteiger partial charge < -0.3 is 19.6 Å². The van der Waals surface area contributed by atoms with Crippen molar-refractivity contribution in [2.45, 2.75) is 19.3 Å². The largest absolute Gasteiger partial charge is 0.497 e. The van der Waals surface area contributed by atoms with E-state index in [1.54, 1.807) is 7.11 Å². The van der Waals surface area contributed by atoms with E-state index in [-0.39, 0.29) is 11.8 Å². The zero-order valence-electron chi connectivity index (χ0n) is 14.9. The summed E-state index contributed by atoms with van der Waals surface area (Å²) >= 11 is 0. The zero-order valence-corrected chi connectivity index (χ0v) is 14.9. The molecule has 0 saturated carbocycles. The molecule has 25 heavy (non-hydrogen) atoms. The number of ether oxygens (including phenoxy) is 1. The Morgan fingerprint density at radius 2 is 2.00 bits per heavy atom. The molecule has 2 saturated heterocycles. The third kappa shape index (κ3) is 3.49. The first-order chi connectivity index (χ1) is 11.9. The van der Waals surface area contributed by atoms with Crippen molar-refractivity contribution in [3.8, 4) is 5.75 Å². The highest BCUT2D eigenvalue weighted by atomic mass is 16.5. The Balaban J connectivity index is 1.70. The topological polar surface area (TPSA) is 70.1 Å². The molecule has 0 spiro atoms. The summed E-state index contributed by atoms with van der Waals surface area (Å²) in [5, 5.41) is 9.81. The quantitative estimate of drug-likeness (QED) is 0.894. The molecule has 2 atom stereocenters. The molecule has 1 N–H and O–H groups in total. The third-order valence-electron chi connectivity index (χ3n) is 5.65. The van der Waals surface area contributed by atoms with Crippen LogP contribution in [0.1, 0.15) is 18.4 Å². The van der Waals surface area contributed by atoms with Crippen molar-refractivity contribution in [3.05, 3.63) is 29.8 Å². The fourth-order valence-electron chi connectivity index (χ4n) is 4.29. The van der Waals surface area contributed by atoms with Crippen molar-refractivity contribution in [2.75, 3.05) is 40.3 Å². The van der Waals surface area contributed by atoms with E-state index in [0.29, 0.717) is 32.5 Å². The van der Waals surface area contributed by atoms with Crippen LogP contribution in [0.25, 0.3) is 0 Å². The van der Waals surface area contributed by atoms with E-state index < -0.39 is 11.4 Å². The van der Waals surface area contributed by atoms with Crippen molar-refractivity contribution in [2.24, 2.45) is 11.3 Å². The Morgan fingerprint density at radius 3 is 2.64 bits per heavy atom. The second-order valence-corrected chi connectivity index (χ2v) is 7.32. The number of carboxylic acid groups (broad SMARTS) is 1. The maximum absolute atomic E-state index is 12.8. The zero-order chi connectivity index (χ0) is 18.0. The number of methoxy groups -OCH3 is 1. The normalized spacial score (nSPS) is 26.8. The van der Waals surface area contributed by atoms with Gasteiger partial charge in [0.15, 0.2) is 0 Å². The smallest absolute Gasteiger partial charge is 0.311 e. The van der Waals surface area contributed by atoms with E-state index in [0.717, 1.165) is 24.3 Å². The number of carboxylic acids is 1. The van der Waals surface area contributed by atoms with Crippen LogP contribution >= 0.6 is 0 Å². The molecule has 0 aromatic heterocycles. The number of rotatable bonds is 4. The molecule has 1 aromatic rings. The molecular weight excluding hydrogens is 320 g/mol. The summed E-state index contributed by atoms with van der Waals surface area (Å²) in [6, 6.07) is 7.51. The fourth-order valence-corrected chi connectivity index (χ4v) is 4.29. The highest BCUT2D eigenvalue weighted by Gasteiger charge is 2.52. The first-order valence-electron chi connectivity index (χ1n) is 8.77. The predicted octanol–water partition coefficient (Wildman–Crippen LogP) is 1.49. The minimum Gasteiger partial charge on any atom is -0.497 e. The minimum atomic E-state index is -0.716. The minimum absolute atomic E-state index is 0.00248. The molecule has 2 fully saturated rings. The van der Waals surface area contributed by atoms with E-state index in [1.165, 1.54) is 0 Å². The predicted molar refractivity (Wildman–Crippen MR) is 93.6 cm³/mol. The van der Waals surface area contributed by atoms with Gasteiger partial charge in [-0.2, -0.15) is 0 Å². The van der Waals surface area contributed by atoms with E-state index in [9.17, 15) is 14.7 Å². The molecule has 0 bridgehead atoms. The van der Waals surface area contributed by atoms with Crippen LogP contribution in [0.3, 0.4) is 0 Å². The van der Waals surface area contributed by atoms with Crippen LogP contribution in [0.5, 0.6) is 5.75 Å². The highest BCUT2D eigenvalue weighted by Crippen LogP contribution is 2.42. The Bertz CT molecular complexity index is 645. The number of nitrogens with zero attached hydrogens (tertiary/aromatic N) is 2. The molecule has 136 valence electrons. The molecule has 1 amide bonds. The molecule has 2 heterocycles. The lowest BCUT2D eigenvalue weighted by Gasteiger charge is -2.29. The summed E-state index contributed by atoms with van der Waals surface area (Å²) in [5.41, 5.74) is 0.243. The monoisotopic (exact) mass is 346 g/mol. The van der Waals surface area contributed by atoms with Crippen molar-refractivity contribution in [1.82, 2.24) is 9.80 Å². The van der Waals surface area contributed by atoms with E-state index >= 15 is 0 Å². The summed E-state index contributed by atoms with van der Waals surface area (Å²) < 4.78 is 5.14. The van der Waals surface area contributed by atoms with Gasteiger partial charge in [-0.3, -0.25) is 9.59 Å². The van der Waals surface area contributed by atoms with E-state index in [4.69, 9.17) is 4.74 Å². The van der Waals surface area contributed by atoms with Gasteiger partial charge in [-0.15, -0.1) is 0 Å². The fraction of sp³-hybridized carbons (Fsp3) is 0.579. The van der Waals surface area contributed by atoms with Crippen LogP contribution in [0.4, 0.5) is 0 Å². The van der Waals surface area contributed by atoms with Gasteiger partial charge in [0.05, 0.1) is 18.9 Å². The van der Waals surface area contributed by atoms with Gasteiger partial charge >= 0.3 is 5.97 Å². The first-order valence-corrected chi connectivity index (χ1v) is 8.77. The number of aliphatic carboxylic acids is 1. The highest BCUT2D eigenvalue weighted by molar-refractivity contribution is 5.80. The second kappa shape index (κ2) is 7.04. The second-order valence-electron chi connectivity index (χ2n) is 7.32. The van der Waals surface area contributed by atoms with Gasteiger partial charge in [-0.25, -0.2) is 0 Å². The third-order valence-corrected chi connectivity index (χ3v) is 5.65. The molecule has 2 aliphatic rings. The molecule has 0 radical (unpaired) electrons. The summed E-state index contributed by atoms with van der Waals surface area (Å²) in [6.45, 7) is 2.49. The number of likely N-dealkylation sites (tertiary alicyclic amines) is 2. The van der Waals surface area contributed by atoms with E-state index in [1.807, 2.05) is 36.2 Å². The molecule has 0 unspecified atom stereocenters. The van der Waals surface area contributed by atoms with Crippen molar-refractivity contribution < 1.29 is 19.4 Å². The number of fused-ring (bicyclic) bond motifs is 1. The lowest BCUT2D eigenvalue weighted by molar-refractivity contribution is -0.151. The number of benzene rings is 1. The van der Waals surface area contributed by atoms with E-state index in [2.05, 4.69) is 4.90 Å². The standard InChI is InChI=1S/C19H26N2O4/c1-20-11-15-12-21(9-3-8-19(15,13-20)18(23)24)17(22)10-14-4-6-16(25-2)7-5-14/h4-7,15H,3,8-13H2,1-2H3,(H,23,24)/t15-,19-/m0/s1. The van der Waals surface area contributed by atoms with Crippen molar-refractivity contribution in [1.29, 1.82) is 0 Å². The van der Waals surface area contributed by atoms with Gasteiger partial charge in [-0.1, -0.05) is 12.1 Å². The van der Waals surface area contributed by atoms with Crippen molar-refractivity contribution >= 4 is 11.9 Å². The number of hydrogen-bond donors (Lipinski definition) is 1. The number of carbonyl (C=O) groups is 2. The van der Waals surface area contributed by atoms with Crippen LogP contribution in [0.2, 0.25) is 0 Å². The molecule has 1 aromatic carbocycles. The Hall–Kier alpha value is -2.08. The van der Waals surface area contributed by atoms with Crippen LogP contribution in [-0.4, -0.2) is 67.1 Å². The lowest BCUT2D eigenvalue weighted by atomic mass is 9.75. The summed E-state index contributed by atoms with van der Waals surface area (Å²) in [4.78, 5) is 28.6. The number of carbonyl (C=O) groups excluding carboxylic acids is 1. The molecular formula is C19H26N2O4. The molecule has 2 aliphatic heterocycles. The summed E-state index contributed by atoms with van der Waals surface area (Å²) in [7, 11) is 3.58. The SMILES string of the molecule is COc1ccc(CC(=O)N2CCC[C@]3(C(=O)O)CN(C)C[C@H]3C2)cc1. The van der Waals surface area contributed by atoms with Crippen LogP contribution < -0.4 is 4.74 Å². The van der Waals surface area contributed by atoms with Gasteiger partial charge in [0, 0.05) is 32.1 Å².